The van der Waals surface area contributed by atoms with Gasteiger partial charge in [0, 0.05) is 71.8 Å². The average Bonchev–Trinajstić information content (AvgIpc) is 3.65. The summed E-state index contributed by atoms with van der Waals surface area (Å²) in [6.45, 7) is 3.05. The molecule has 14 heteroatoms. The van der Waals surface area contributed by atoms with E-state index in [4.69, 9.17) is 25.2 Å². The number of hydrogen-bond donors (Lipinski definition) is 1. The van der Waals surface area contributed by atoms with Gasteiger partial charge in [0.15, 0.2) is 0 Å². The lowest BCUT2D eigenvalue weighted by Gasteiger charge is -2.40. The molecule has 1 N–H and O–H groups in total. The molecule has 0 radical (unpaired) electrons. The van der Waals surface area contributed by atoms with E-state index in [1.165, 1.54) is 21.7 Å². The Morgan fingerprint density at radius 1 is 1.11 bits per heavy atom. The summed E-state index contributed by atoms with van der Waals surface area (Å²) in [7, 11) is -3.86. The number of nitrogens with zero attached hydrogens (tertiary/aromatic N) is 3. The number of rotatable bonds is 7. The molecular weight excluding hydrogens is 640 g/mol. The molecule has 0 aliphatic carbocycles. The number of oxazole rings is 1. The summed E-state index contributed by atoms with van der Waals surface area (Å²) >= 11 is 7.31. The smallest absolute Gasteiger partial charge is 0.336 e. The predicted octanol–water partition coefficient (Wildman–Crippen LogP) is 4.67. The topological polar surface area (TPSA) is 135 Å². The third-order valence-corrected chi connectivity index (χ3v) is 11.8. The summed E-state index contributed by atoms with van der Waals surface area (Å²) in [5.74, 6) is 0.749. The number of sulfonamides is 1. The van der Waals surface area contributed by atoms with Crippen molar-refractivity contribution in [3.05, 3.63) is 87.4 Å². The van der Waals surface area contributed by atoms with Crippen LogP contribution in [0.4, 0.5) is 0 Å². The van der Waals surface area contributed by atoms with Crippen molar-refractivity contribution in [2.75, 3.05) is 26.2 Å². The van der Waals surface area contributed by atoms with Gasteiger partial charge in [-0.3, -0.25) is 4.79 Å². The summed E-state index contributed by atoms with van der Waals surface area (Å²) in [5.41, 5.74) is 0.698. The van der Waals surface area contributed by atoms with Crippen LogP contribution in [0.3, 0.4) is 0 Å². The number of piperazine rings is 1. The molecule has 5 heterocycles. The molecular formula is C31H29ClN4O7S2. The fraction of sp³-hybridized carbons (Fsp3) is 0.323. The van der Waals surface area contributed by atoms with Crippen LogP contribution in [0.25, 0.3) is 21.1 Å². The van der Waals surface area contributed by atoms with Gasteiger partial charge >= 0.3 is 11.5 Å². The Bertz CT molecular complexity index is 2090. The highest BCUT2D eigenvalue weighted by Crippen LogP contribution is 2.34. The maximum absolute atomic E-state index is 13.8. The highest BCUT2D eigenvalue weighted by atomic mass is 35.5. The van der Waals surface area contributed by atoms with E-state index in [1.54, 1.807) is 53.4 Å². The van der Waals surface area contributed by atoms with E-state index < -0.39 is 21.7 Å². The van der Waals surface area contributed by atoms with Crippen molar-refractivity contribution in [3.8, 4) is 5.75 Å². The molecule has 2 atom stereocenters. The van der Waals surface area contributed by atoms with Gasteiger partial charge in [-0.25, -0.2) is 18.2 Å². The van der Waals surface area contributed by atoms with Crippen molar-refractivity contribution in [3.63, 3.8) is 0 Å². The number of nitrogens with one attached hydrogen (secondary N) is 1. The van der Waals surface area contributed by atoms with Gasteiger partial charge in [-0.2, -0.15) is 4.31 Å². The van der Waals surface area contributed by atoms with Gasteiger partial charge in [0.05, 0.1) is 18.8 Å². The molecule has 7 rings (SSSR count). The van der Waals surface area contributed by atoms with E-state index in [1.807, 2.05) is 6.92 Å². The van der Waals surface area contributed by atoms with Crippen LogP contribution in [0.1, 0.15) is 35.5 Å². The number of amides is 1. The van der Waals surface area contributed by atoms with Gasteiger partial charge in [0.25, 0.3) is 15.9 Å². The van der Waals surface area contributed by atoms with Crippen molar-refractivity contribution in [1.29, 1.82) is 0 Å². The van der Waals surface area contributed by atoms with Gasteiger partial charge in [-0.05, 0) is 48.7 Å². The number of carbonyl (C=O) groups is 1. The molecule has 234 valence electrons. The lowest BCUT2D eigenvalue weighted by atomic mass is 10.1. The van der Waals surface area contributed by atoms with Crippen LogP contribution in [0.15, 0.2) is 72.4 Å². The van der Waals surface area contributed by atoms with Crippen LogP contribution in [0.5, 0.6) is 5.75 Å². The maximum atomic E-state index is 13.8. The third-order valence-electron chi connectivity index (χ3n) is 8.15. The fourth-order valence-electron chi connectivity index (χ4n) is 5.76. The number of fused-ring (bicyclic) bond motifs is 3. The zero-order valence-electron chi connectivity index (χ0n) is 24.2. The molecule has 2 aliphatic rings. The Morgan fingerprint density at radius 2 is 1.93 bits per heavy atom. The van der Waals surface area contributed by atoms with Crippen LogP contribution < -0.4 is 15.7 Å². The Labute approximate surface area is 267 Å². The van der Waals surface area contributed by atoms with Crippen LogP contribution in [-0.2, 0) is 23.0 Å². The standard InChI is InChI=1S/C31H29ClN4O7S2/c1-18-12-24-26(16-33-18)43-30(34-24)31(38)36-10-9-35(45(39,40)29-13-20-2-5-21(32)14-27(20)44-29)17-22(36)8-11-41-23-6-3-19-4-7-28(37)42-25(19)15-23/h2-7,13-15,18,22,33H,8-12,16-17H2,1H3. The summed E-state index contributed by atoms with van der Waals surface area (Å²) < 4.78 is 47.2. The number of carbonyl (C=O) groups excluding carboxylic acids is 1. The monoisotopic (exact) mass is 668 g/mol. The van der Waals surface area contributed by atoms with E-state index in [-0.39, 0.29) is 48.3 Å². The van der Waals surface area contributed by atoms with E-state index in [0.717, 1.165) is 21.2 Å². The molecule has 0 bridgehead atoms. The molecule has 3 aromatic heterocycles. The zero-order chi connectivity index (χ0) is 31.3. The van der Waals surface area contributed by atoms with Gasteiger partial charge in [-0.15, -0.1) is 11.3 Å². The number of halogens is 1. The van der Waals surface area contributed by atoms with Gasteiger partial charge < -0.3 is 23.8 Å². The van der Waals surface area contributed by atoms with E-state index in [0.29, 0.717) is 41.5 Å². The first-order valence-electron chi connectivity index (χ1n) is 14.5. The first-order chi connectivity index (χ1) is 21.6. The van der Waals surface area contributed by atoms with Gasteiger partial charge in [0.2, 0.25) is 0 Å². The summed E-state index contributed by atoms with van der Waals surface area (Å²) in [6.07, 6.45) is 0.983. The SMILES string of the molecule is CC1Cc2nc(C(=O)N3CCN(S(=O)(=O)c4cc5ccc(Cl)cc5s4)CC3CCOc3ccc4ccc(=O)oc4c3)oc2CN1. The quantitative estimate of drug-likeness (QED) is 0.246. The molecule has 11 nitrogen and oxygen atoms in total. The Morgan fingerprint density at radius 3 is 2.80 bits per heavy atom. The first kappa shape index (κ1) is 29.9. The van der Waals surface area contributed by atoms with E-state index in [9.17, 15) is 18.0 Å². The number of benzene rings is 2. The fourth-order valence-corrected chi connectivity index (χ4v) is 9.06. The minimum absolute atomic E-state index is 0.00377. The average molecular weight is 669 g/mol. The van der Waals surface area contributed by atoms with Gasteiger partial charge in [0.1, 0.15) is 21.3 Å². The van der Waals surface area contributed by atoms with Gasteiger partial charge in [-0.1, -0.05) is 17.7 Å². The van der Waals surface area contributed by atoms with Crippen LogP contribution >= 0.6 is 22.9 Å². The van der Waals surface area contributed by atoms with E-state index >= 15 is 0 Å². The van der Waals surface area contributed by atoms with Crippen molar-refractivity contribution < 1.29 is 26.8 Å². The number of hydrogen-bond acceptors (Lipinski definition) is 10. The Hall–Kier alpha value is -3.75. The van der Waals surface area contributed by atoms with Crippen LogP contribution in [0.2, 0.25) is 5.02 Å². The molecule has 2 aromatic carbocycles. The van der Waals surface area contributed by atoms with Crippen molar-refractivity contribution in [2.24, 2.45) is 0 Å². The highest BCUT2D eigenvalue weighted by Gasteiger charge is 2.39. The van der Waals surface area contributed by atoms with Crippen molar-refractivity contribution in [2.45, 2.75) is 42.6 Å². The minimum Gasteiger partial charge on any atom is -0.493 e. The molecule has 1 fully saturated rings. The Kier molecular flexibility index (Phi) is 7.90. The van der Waals surface area contributed by atoms with Crippen molar-refractivity contribution in [1.82, 2.24) is 19.5 Å². The number of ether oxygens (including phenoxy) is 1. The molecule has 1 saturated heterocycles. The molecule has 5 aromatic rings. The second-order valence-corrected chi connectivity index (χ2v) is 14.9. The predicted molar refractivity (Wildman–Crippen MR) is 170 cm³/mol. The molecule has 0 spiro atoms. The molecule has 1 amide bonds. The number of thiophene rings is 1. The zero-order valence-corrected chi connectivity index (χ0v) is 26.6. The minimum atomic E-state index is -3.86. The second kappa shape index (κ2) is 11.9. The maximum Gasteiger partial charge on any atom is 0.336 e. The van der Waals surface area contributed by atoms with Crippen LogP contribution in [-0.4, -0.2) is 66.8 Å². The lowest BCUT2D eigenvalue weighted by Crippen LogP contribution is -2.56. The summed E-state index contributed by atoms with van der Waals surface area (Å²) in [6, 6.07) is 14.9. The number of aromatic nitrogens is 1. The lowest BCUT2D eigenvalue weighted by molar-refractivity contribution is 0.0486. The Balaban J connectivity index is 1.13. The third kappa shape index (κ3) is 5.98. The normalized spacial score (nSPS) is 19.2. The largest absolute Gasteiger partial charge is 0.493 e. The van der Waals surface area contributed by atoms with Crippen LogP contribution in [0, 0.1) is 0 Å². The molecule has 2 unspecified atom stereocenters. The van der Waals surface area contributed by atoms with Crippen molar-refractivity contribution >= 4 is 59.9 Å². The summed E-state index contributed by atoms with van der Waals surface area (Å²) in [5, 5.41) is 5.40. The second-order valence-electron chi connectivity index (χ2n) is 11.2. The molecule has 45 heavy (non-hydrogen) atoms. The van der Waals surface area contributed by atoms with E-state index in [2.05, 4.69) is 10.3 Å². The molecule has 2 aliphatic heterocycles. The first-order valence-corrected chi connectivity index (χ1v) is 17.2. The summed E-state index contributed by atoms with van der Waals surface area (Å²) in [4.78, 5) is 31.6. The highest BCUT2D eigenvalue weighted by molar-refractivity contribution is 7.91. The molecule has 0 saturated carbocycles.